The van der Waals surface area contributed by atoms with Gasteiger partial charge in [0, 0.05) is 42.5 Å². The first kappa shape index (κ1) is 26.5. The lowest BCUT2D eigenvalue weighted by atomic mass is 10.0. The number of pyridine rings is 1. The fraction of sp³-hybridized carbons (Fsp3) is 0.233. The Morgan fingerprint density at radius 2 is 1.76 bits per heavy atom. The minimum absolute atomic E-state index is 0.0342. The van der Waals surface area contributed by atoms with E-state index in [1.807, 2.05) is 53.6 Å². The van der Waals surface area contributed by atoms with Gasteiger partial charge in [0.15, 0.2) is 0 Å². The molecule has 1 N–H and O–H groups in total. The van der Waals surface area contributed by atoms with E-state index in [1.165, 1.54) is 6.20 Å². The number of nitrogens with one attached hydrogen (secondary N) is 1. The Hall–Kier alpha value is -4.70. The minimum atomic E-state index is -0.264. The smallest absolute Gasteiger partial charge is 0.273 e. The highest BCUT2D eigenvalue weighted by Gasteiger charge is 2.33. The lowest BCUT2D eigenvalue weighted by Crippen LogP contribution is -2.39. The number of hydrogen-bond acceptors (Lipinski definition) is 7. The highest BCUT2D eigenvalue weighted by Crippen LogP contribution is 2.36. The average Bonchev–Trinajstić information content (AvgIpc) is 3.38. The van der Waals surface area contributed by atoms with Crippen LogP contribution in [0.25, 0.3) is 16.8 Å². The maximum atomic E-state index is 13.6. The van der Waals surface area contributed by atoms with E-state index in [0.29, 0.717) is 17.9 Å². The Morgan fingerprint density at radius 3 is 2.54 bits per heavy atom. The summed E-state index contributed by atoms with van der Waals surface area (Å²) in [5.74, 6) is 0.799. The summed E-state index contributed by atoms with van der Waals surface area (Å²) >= 11 is 5.98. The molecule has 1 aliphatic heterocycles. The van der Waals surface area contributed by atoms with Gasteiger partial charge >= 0.3 is 0 Å². The van der Waals surface area contributed by atoms with Crippen molar-refractivity contribution in [3.05, 3.63) is 101 Å². The van der Waals surface area contributed by atoms with Crippen LogP contribution in [0.3, 0.4) is 0 Å². The molecule has 5 aromatic rings. The fourth-order valence-electron chi connectivity index (χ4n) is 5.27. The van der Waals surface area contributed by atoms with E-state index in [4.69, 9.17) is 16.6 Å². The first-order valence-corrected chi connectivity index (χ1v) is 13.7. The first-order chi connectivity index (χ1) is 19.9. The second-order valence-corrected chi connectivity index (χ2v) is 10.4. The fourth-order valence-corrected chi connectivity index (χ4v) is 5.42. The summed E-state index contributed by atoms with van der Waals surface area (Å²) in [6, 6.07) is 12.3. The molecule has 1 atom stereocenters. The summed E-state index contributed by atoms with van der Waals surface area (Å²) in [6.45, 7) is 4.47. The molecular formula is C30H27ClN8O2. The SMILES string of the molecule is Cc1ccnc(NC(=O)c2ccc(-c3nc([C@@H]4CCCCN4C(=O)c4ccnc(Cl)n4)n4ccnc(C)c34)cc2)c1. The maximum absolute atomic E-state index is 13.6. The molecule has 11 heteroatoms. The van der Waals surface area contributed by atoms with Crippen LogP contribution >= 0.6 is 11.6 Å². The van der Waals surface area contributed by atoms with Gasteiger partial charge in [-0.2, -0.15) is 0 Å². The van der Waals surface area contributed by atoms with Crippen LogP contribution in [0.15, 0.2) is 67.3 Å². The van der Waals surface area contributed by atoms with E-state index < -0.39 is 0 Å². The lowest BCUT2D eigenvalue weighted by molar-refractivity contribution is 0.0593. The number of fused-ring (bicyclic) bond motifs is 1. The lowest BCUT2D eigenvalue weighted by Gasteiger charge is -2.34. The molecule has 0 spiro atoms. The molecule has 5 heterocycles. The van der Waals surface area contributed by atoms with Gasteiger partial charge in [0.05, 0.1) is 22.9 Å². The van der Waals surface area contributed by atoms with Crippen molar-refractivity contribution in [1.29, 1.82) is 0 Å². The highest BCUT2D eigenvalue weighted by atomic mass is 35.5. The standard InChI is InChI=1S/C30H27ClN8O2/c1-18-10-12-33-24(17-18)36-28(40)21-8-6-20(7-9-21)25-26-19(2)32-14-16-39(26)27(37-25)23-5-3-4-15-38(23)29(41)22-11-13-34-30(31)35-22/h6-14,16-17,23H,3-5,15H2,1-2H3,(H,33,36,40)/t23-/m0/s1. The van der Waals surface area contributed by atoms with E-state index in [2.05, 4.69) is 25.3 Å². The molecule has 0 aliphatic carbocycles. The van der Waals surface area contributed by atoms with Crippen molar-refractivity contribution in [2.75, 3.05) is 11.9 Å². The zero-order chi connectivity index (χ0) is 28.5. The Labute approximate surface area is 241 Å². The number of piperidine rings is 1. The average molecular weight is 567 g/mol. The first-order valence-electron chi connectivity index (χ1n) is 13.4. The molecule has 2 amide bonds. The zero-order valence-corrected chi connectivity index (χ0v) is 23.3. The molecule has 4 aromatic heterocycles. The predicted octanol–water partition coefficient (Wildman–Crippen LogP) is 5.47. The second-order valence-electron chi connectivity index (χ2n) is 10.0. The number of hydrogen-bond donors (Lipinski definition) is 1. The summed E-state index contributed by atoms with van der Waals surface area (Å²) in [6.07, 6.45) is 9.38. The molecule has 1 aliphatic rings. The maximum Gasteiger partial charge on any atom is 0.273 e. The van der Waals surface area contributed by atoms with Gasteiger partial charge in [-0.15, -0.1) is 0 Å². The van der Waals surface area contributed by atoms with E-state index in [-0.39, 0.29) is 28.8 Å². The van der Waals surface area contributed by atoms with E-state index in [9.17, 15) is 9.59 Å². The van der Waals surface area contributed by atoms with Gasteiger partial charge in [-0.3, -0.25) is 19.0 Å². The van der Waals surface area contributed by atoms with Crippen LogP contribution in [-0.2, 0) is 0 Å². The number of nitrogens with zero attached hydrogens (tertiary/aromatic N) is 7. The van der Waals surface area contributed by atoms with Crippen molar-refractivity contribution in [3.8, 4) is 11.3 Å². The minimum Gasteiger partial charge on any atom is -0.327 e. The third kappa shape index (κ3) is 5.26. The van der Waals surface area contributed by atoms with Crippen molar-refractivity contribution >= 4 is 34.7 Å². The predicted molar refractivity (Wildman–Crippen MR) is 155 cm³/mol. The molecule has 6 rings (SSSR count). The van der Waals surface area contributed by atoms with Crippen LogP contribution in [0, 0.1) is 13.8 Å². The number of benzene rings is 1. The quantitative estimate of drug-likeness (QED) is 0.280. The molecule has 0 bridgehead atoms. The number of aromatic nitrogens is 6. The van der Waals surface area contributed by atoms with E-state index >= 15 is 0 Å². The summed E-state index contributed by atoms with van der Waals surface area (Å²) in [7, 11) is 0. The van der Waals surface area contributed by atoms with Gasteiger partial charge in [-0.05, 0) is 80.6 Å². The van der Waals surface area contributed by atoms with Crippen LogP contribution in [-0.4, -0.2) is 52.6 Å². The summed E-state index contributed by atoms with van der Waals surface area (Å²) < 4.78 is 2.02. The normalized spacial score (nSPS) is 15.2. The van der Waals surface area contributed by atoms with Gasteiger partial charge in [0.1, 0.15) is 17.3 Å². The molecule has 1 fully saturated rings. The summed E-state index contributed by atoms with van der Waals surface area (Å²) in [5.41, 5.74) is 5.01. The molecule has 206 valence electrons. The second kappa shape index (κ2) is 11.1. The van der Waals surface area contributed by atoms with Crippen molar-refractivity contribution < 1.29 is 9.59 Å². The van der Waals surface area contributed by atoms with Crippen molar-refractivity contribution in [3.63, 3.8) is 0 Å². The van der Waals surface area contributed by atoms with Gasteiger partial charge in [0.2, 0.25) is 5.28 Å². The third-order valence-corrected chi connectivity index (χ3v) is 7.43. The number of amides is 2. The molecule has 1 saturated heterocycles. The van der Waals surface area contributed by atoms with Crippen molar-refractivity contribution in [1.82, 2.24) is 34.2 Å². The van der Waals surface area contributed by atoms with Crippen molar-refractivity contribution in [2.24, 2.45) is 0 Å². The number of rotatable bonds is 5. The zero-order valence-electron chi connectivity index (χ0n) is 22.6. The number of halogens is 1. The summed E-state index contributed by atoms with van der Waals surface area (Å²) in [5, 5.41) is 2.88. The van der Waals surface area contributed by atoms with Gasteiger partial charge in [-0.25, -0.2) is 19.9 Å². The Morgan fingerprint density at radius 1 is 0.951 bits per heavy atom. The van der Waals surface area contributed by atoms with E-state index in [1.54, 1.807) is 30.6 Å². The van der Waals surface area contributed by atoms with Crippen LogP contribution in [0.5, 0.6) is 0 Å². The number of imidazole rings is 1. The van der Waals surface area contributed by atoms with Gasteiger partial charge in [0.25, 0.3) is 11.8 Å². The van der Waals surface area contributed by atoms with Crippen molar-refractivity contribution in [2.45, 2.75) is 39.2 Å². The third-order valence-electron chi connectivity index (χ3n) is 7.25. The van der Waals surface area contributed by atoms with Crippen LogP contribution < -0.4 is 5.32 Å². The topological polar surface area (TPSA) is 118 Å². The molecule has 41 heavy (non-hydrogen) atoms. The molecule has 0 saturated carbocycles. The van der Waals surface area contributed by atoms with Crippen LogP contribution in [0.4, 0.5) is 5.82 Å². The molecule has 0 radical (unpaired) electrons. The molecule has 10 nitrogen and oxygen atoms in total. The van der Waals surface area contributed by atoms with Crippen LogP contribution in [0.1, 0.15) is 63.2 Å². The van der Waals surface area contributed by atoms with Gasteiger partial charge in [-0.1, -0.05) is 12.1 Å². The Kier molecular flexibility index (Phi) is 7.15. The number of anilines is 1. The number of likely N-dealkylation sites (tertiary alicyclic amines) is 1. The Bertz CT molecular complexity index is 1770. The largest absolute Gasteiger partial charge is 0.327 e. The number of carbonyl (C=O) groups excluding carboxylic acids is 2. The number of aryl methyl sites for hydroxylation is 2. The van der Waals surface area contributed by atoms with Gasteiger partial charge < -0.3 is 10.2 Å². The summed E-state index contributed by atoms with van der Waals surface area (Å²) in [4.78, 5) is 50.1. The molecule has 0 unspecified atom stereocenters. The monoisotopic (exact) mass is 566 g/mol. The van der Waals surface area contributed by atoms with Crippen LogP contribution in [0.2, 0.25) is 5.28 Å². The molecular weight excluding hydrogens is 540 g/mol. The van der Waals surface area contributed by atoms with E-state index in [0.717, 1.165) is 53.1 Å². The Balaban J connectivity index is 1.35. The number of carbonyl (C=O) groups is 2. The highest BCUT2D eigenvalue weighted by molar-refractivity contribution is 6.28. The molecule has 1 aromatic carbocycles.